The van der Waals surface area contributed by atoms with Gasteiger partial charge in [0, 0.05) is 5.92 Å². The molecule has 4 rings (SSSR count). The number of carbonyl (C=O) groups excluding carboxylic acids is 1. The minimum absolute atomic E-state index is 0.0233. The van der Waals surface area contributed by atoms with Crippen molar-refractivity contribution in [1.29, 1.82) is 0 Å². The average molecular weight is 392 g/mol. The van der Waals surface area contributed by atoms with E-state index in [4.69, 9.17) is 0 Å². The summed E-state index contributed by atoms with van der Waals surface area (Å²) in [5.74, 6) is -1.15. The maximum absolute atomic E-state index is 12.9. The van der Waals surface area contributed by atoms with Gasteiger partial charge in [0.05, 0.1) is 41.9 Å². The number of carbonyl (C=O) groups is 2. The van der Waals surface area contributed by atoms with Gasteiger partial charge in [0.15, 0.2) is 17.2 Å². The molecule has 0 bridgehead atoms. The molecule has 3 N–H and O–H groups in total. The van der Waals surface area contributed by atoms with Gasteiger partial charge in [0.1, 0.15) is 12.2 Å². The minimum Gasteiger partial charge on any atom is -0.476 e. The van der Waals surface area contributed by atoms with Crippen molar-refractivity contribution in [2.45, 2.75) is 25.7 Å². The second-order valence-electron chi connectivity index (χ2n) is 6.46. The predicted molar refractivity (Wildman–Crippen MR) is 101 cm³/mol. The standard InChI is InChI=1S/C18H16N8O3/c1-9-21-7-13(14(23-9)18(28)29)26-17(27)15-16(24-11-4-19-8-20-5-11)22-6-12(25-15)10-2-3-10/h4-8,10H,2-3H2,1H3,(H,22,24)(H,26,27)(H,28,29). The zero-order valence-corrected chi connectivity index (χ0v) is 15.3. The van der Waals surface area contributed by atoms with Gasteiger partial charge in [-0.25, -0.2) is 34.7 Å². The first-order valence-electron chi connectivity index (χ1n) is 8.78. The second kappa shape index (κ2) is 7.54. The maximum Gasteiger partial charge on any atom is 0.356 e. The molecular formula is C18H16N8O3. The summed E-state index contributed by atoms with van der Waals surface area (Å²) in [6.45, 7) is 1.56. The third-order valence-electron chi connectivity index (χ3n) is 4.19. The van der Waals surface area contributed by atoms with Gasteiger partial charge in [0.2, 0.25) is 0 Å². The molecule has 3 aromatic rings. The Hall–Kier alpha value is -4.02. The molecule has 1 saturated carbocycles. The van der Waals surface area contributed by atoms with E-state index in [-0.39, 0.29) is 34.6 Å². The van der Waals surface area contributed by atoms with E-state index < -0.39 is 11.9 Å². The highest BCUT2D eigenvalue weighted by Gasteiger charge is 2.28. The van der Waals surface area contributed by atoms with Crippen molar-refractivity contribution in [3.63, 3.8) is 0 Å². The van der Waals surface area contributed by atoms with E-state index in [2.05, 4.69) is 40.5 Å². The van der Waals surface area contributed by atoms with Crippen molar-refractivity contribution in [2.24, 2.45) is 0 Å². The maximum atomic E-state index is 12.9. The van der Waals surface area contributed by atoms with Gasteiger partial charge in [-0.15, -0.1) is 0 Å². The van der Waals surface area contributed by atoms with E-state index >= 15 is 0 Å². The molecule has 0 radical (unpaired) electrons. The van der Waals surface area contributed by atoms with Crippen LogP contribution in [-0.2, 0) is 0 Å². The fourth-order valence-electron chi connectivity index (χ4n) is 2.63. The topological polar surface area (TPSA) is 156 Å². The van der Waals surface area contributed by atoms with Crippen LogP contribution in [0.15, 0.2) is 31.1 Å². The molecule has 1 amide bonds. The molecule has 3 aromatic heterocycles. The molecule has 11 heteroatoms. The first kappa shape index (κ1) is 18.3. The van der Waals surface area contributed by atoms with Gasteiger partial charge >= 0.3 is 5.97 Å². The molecule has 146 valence electrons. The zero-order valence-electron chi connectivity index (χ0n) is 15.3. The highest BCUT2D eigenvalue weighted by Crippen LogP contribution is 2.39. The van der Waals surface area contributed by atoms with Crippen LogP contribution in [0.2, 0.25) is 0 Å². The van der Waals surface area contributed by atoms with Crippen LogP contribution in [0.25, 0.3) is 0 Å². The Bertz CT molecular complexity index is 1090. The van der Waals surface area contributed by atoms with Crippen molar-refractivity contribution in [3.05, 3.63) is 54.0 Å². The molecule has 1 fully saturated rings. The number of anilines is 3. The molecule has 11 nitrogen and oxygen atoms in total. The summed E-state index contributed by atoms with van der Waals surface area (Å²) >= 11 is 0. The van der Waals surface area contributed by atoms with E-state index in [0.29, 0.717) is 11.4 Å². The Kier molecular flexibility index (Phi) is 4.77. The van der Waals surface area contributed by atoms with E-state index in [0.717, 1.165) is 12.8 Å². The van der Waals surface area contributed by atoms with E-state index in [1.54, 1.807) is 13.1 Å². The van der Waals surface area contributed by atoms with Gasteiger partial charge in [0.25, 0.3) is 5.91 Å². The number of carboxylic acids is 1. The van der Waals surface area contributed by atoms with Crippen molar-refractivity contribution >= 4 is 29.1 Å². The largest absolute Gasteiger partial charge is 0.476 e. The predicted octanol–water partition coefficient (Wildman–Crippen LogP) is 1.94. The lowest BCUT2D eigenvalue weighted by Crippen LogP contribution is -2.20. The quantitative estimate of drug-likeness (QED) is 0.566. The summed E-state index contributed by atoms with van der Waals surface area (Å²) in [6, 6.07) is 0. The van der Waals surface area contributed by atoms with Crippen LogP contribution in [0.4, 0.5) is 17.2 Å². The Labute approximate surface area is 164 Å². The first-order valence-corrected chi connectivity index (χ1v) is 8.78. The number of amides is 1. The van der Waals surface area contributed by atoms with Crippen LogP contribution in [0.3, 0.4) is 0 Å². The number of aromatic carboxylic acids is 1. The number of nitrogens with one attached hydrogen (secondary N) is 2. The Balaban J connectivity index is 1.68. The van der Waals surface area contributed by atoms with Gasteiger partial charge in [-0.2, -0.15) is 0 Å². The molecule has 1 aliphatic rings. The van der Waals surface area contributed by atoms with Crippen LogP contribution >= 0.6 is 0 Å². The number of aromatic nitrogens is 6. The molecule has 0 aromatic carbocycles. The zero-order chi connectivity index (χ0) is 20.4. The summed E-state index contributed by atoms with van der Waals surface area (Å²) in [5.41, 5.74) is 0.933. The van der Waals surface area contributed by atoms with Crippen molar-refractivity contribution < 1.29 is 14.7 Å². The summed E-state index contributed by atoms with van der Waals surface area (Å²) in [7, 11) is 0. The highest BCUT2D eigenvalue weighted by molar-refractivity contribution is 6.08. The van der Waals surface area contributed by atoms with Gasteiger partial charge in [-0.1, -0.05) is 0 Å². The first-order chi connectivity index (χ1) is 14.0. The molecule has 0 aliphatic heterocycles. The van der Waals surface area contributed by atoms with Crippen LogP contribution in [0, 0.1) is 6.92 Å². The number of hydrogen-bond acceptors (Lipinski definition) is 9. The van der Waals surface area contributed by atoms with Crippen molar-refractivity contribution in [2.75, 3.05) is 10.6 Å². The number of aryl methyl sites for hydroxylation is 1. The molecule has 1 aliphatic carbocycles. The molecule has 0 unspecified atom stereocenters. The van der Waals surface area contributed by atoms with Crippen LogP contribution in [0.1, 0.15) is 51.3 Å². The molecule has 0 spiro atoms. The van der Waals surface area contributed by atoms with E-state index in [1.165, 1.54) is 24.9 Å². The molecule has 0 saturated heterocycles. The summed E-state index contributed by atoms with van der Waals surface area (Å²) in [6.07, 6.45) is 9.29. The van der Waals surface area contributed by atoms with Crippen LogP contribution in [0.5, 0.6) is 0 Å². The third kappa shape index (κ3) is 4.13. The van der Waals surface area contributed by atoms with Gasteiger partial charge < -0.3 is 15.7 Å². The van der Waals surface area contributed by atoms with Crippen LogP contribution < -0.4 is 10.6 Å². The SMILES string of the molecule is Cc1ncc(NC(=O)c2nc(C3CC3)cnc2Nc2cncnc2)c(C(=O)O)n1. The average Bonchev–Trinajstić information content (AvgIpc) is 3.55. The van der Waals surface area contributed by atoms with E-state index in [9.17, 15) is 14.7 Å². The highest BCUT2D eigenvalue weighted by atomic mass is 16.4. The second-order valence-corrected chi connectivity index (χ2v) is 6.46. The minimum atomic E-state index is -1.27. The Morgan fingerprint density at radius 1 is 1.03 bits per heavy atom. The van der Waals surface area contributed by atoms with Gasteiger partial charge in [-0.05, 0) is 19.8 Å². The molecule has 0 atom stereocenters. The smallest absolute Gasteiger partial charge is 0.356 e. The number of rotatable bonds is 6. The molecular weight excluding hydrogens is 376 g/mol. The van der Waals surface area contributed by atoms with Gasteiger partial charge in [-0.3, -0.25) is 4.79 Å². The number of nitrogens with zero attached hydrogens (tertiary/aromatic N) is 6. The lowest BCUT2D eigenvalue weighted by atomic mass is 10.2. The Morgan fingerprint density at radius 2 is 1.79 bits per heavy atom. The summed E-state index contributed by atoms with van der Waals surface area (Å²) in [4.78, 5) is 48.8. The molecule has 29 heavy (non-hydrogen) atoms. The normalized spacial score (nSPS) is 13.0. The van der Waals surface area contributed by atoms with E-state index in [1.807, 2.05) is 0 Å². The summed E-state index contributed by atoms with van der Waals surface area (Å²) in [5, 5.41) is 14.8. The lowest BCUT2D eigenvalue weighted by Gasteiger charge is -2.12. The van der Waals surface area contributed by atoms with Crippen LogP contribution in [-0.4, -0.2) is 46.9 Å². The fourth-order valence-corrected chi connectivity index (χ4v) is 2.63. The van der Waals surface area contributed by atoms with Crippen molar-refractivity contribution in [3.8, 4) is 0 Å². The van der Waals surface area contributed by atoms with Crippen molar-refractivity contribution in [1.82, 2.24) is 29.9 Å². The Morgan fingerprint density at radius 3 is 2.48 bits per heavy atom. The molecule has 3 heterocycles. The lowest BCUT2D eigenvalue weighted by molar-refractivity contribution is 0.0691. The summed E-state index contributed by atoms with van der Waals surface area (Å²) < 4.78 is 0. The fraction of sp³-hybridized carbons (Fsp3) is 0.222. The monoisotopic (exact) mass is 392 g/mol. The number of carboxylic acid groups (broad SMARTS) is 1. The third-order valence-corrected chi connectivity index (χ3v) is 4.19. The number of hydrogen-bond donors (Lipinski definition) is 3.